The number of oxazole rings is 1. The minimum Gasteiger partial charge on any atom is -0.441 e. The normalized spacial score (nSPS) is 19.3. The Morgan fingerprint density at radius 3 is 2.50 bits per heavy atom. The van der Waals surface area contributed by atoms with E-state index in [0.29, 0.717) is 24.8 Å². The Morgan fingerprint density at radius 2 is 1.86 bits per heavy atom. The summed E-state index contributed by atoms with van der Waals surface area (Å²) in [4.78, 5) is 27.8. The maximum atomic E-state index is 12.4. The van der Waals surface area contributed by atoms with Crippen LogP contribution in [-0.2, 0) is 25.7 Å². The number of halogens is 3. The quantitative estimate of drug-likeness (QED) is 0.363. The Bertz CT molecular complexity index is 1030. The van der Waals surface area contributed by atoms with E-state index in [1.54, 1.807) is 13.8 Å². The predicted octanol–water partition coefficient (Wildman–Crippen LogP) is 5.28. The van der Waals surface area contributed by atoms with Gasteiger partial charge in [-0.3, -0.25) is 0 Å². The molecule has 36 heavy (non-hydrogen) atoms. The number of aryl methyl sites for hydroxylation is 2. The minimum absolute atomic E-state index is 0.0132. The molecule has 7 nitrogen and oxygen atoms in total. The fraction of sp³-hybridized carbons (Fsp3) is 0.577. The smallest absolute Gasteiger partial charge is 0.441 e. The predicted molar refractivity (Wildman–Crippen MR) is 126 cm³/mol. The average Bonchev–Trinajstić information content (AvgIpc) is 3.18. The zero-order valence-electron chi connectivity index (χ0n) is 21.0. The third kappa shape index (κ3) is 7.64. The van der Waals surface area contributed by atoms with Gasteiger partial charge in [-0.1, -0.05) is 38.0 Å². The topological polar surface area (TPSA) is 90.7 Å². The number of esters is 2. The van der Waals surface area contributed by atoms with Crippen LogP contribution in [0.3, 0.4) is 0 Å². The summed E-state index contributed by atoms with van der Waals surface area (Å²) < 4.78 is 53.3. The zero-order valence-corrected chi connectivity index (χ0v) is 21.0. The number of alkyl halides is 3. The number of ether oxygens (including phenoxy) is 2. The first-order valence-electron chi connectivity index (χ1n) is 12.1. The molecule has 3 rings (SSSR count). The summed E-state index contributed by atoms with van der Waals surface area (Å²) >= 11 is 0. The van der Waals surface area contributed by atoms with E-state index < -0.39 is 24.2 Å². The van der Waals surface area contributed by atoms with E-state index in [1.165, 1.54) is 0 Å². The Balaban J connectivity index is 1.51. The molecule has 0 saturated heterocycles. The molecule has 2 aromatic rings. The van der Waals surface area contributed by atoms with E-state index in [2.05, 4.69) is 15.0 Å². The van der Waals surface area contributed by atoms with Gasteiger partial charge in [-0.2, -0.15) is 13.2 Å². The van der Waals surface area contributed by atoms with Gasteiger partial charge in [0.2, 0.25) is 5.89 Å². The van der Waals surface area contributed by atoms with Gasteiger partial charge in [0.05, 0.1) is 12.7 Å². The van der Waals surface area contributed by atoms with Gasteiger partial charge in [0, 0.05) is 5.56 Å². The molecule has 0 bridgehead atoms. The van der Waals surface area contributed by atoms with Crippen LogP contribution in [0.5, 0.6) is 0 Å². The Kier molecular flexibility index (Phi) is 9.30. The van der Waals surface area contributed by atoms with Gasteiger partial charge in [0.1, 0.15) is 17.5 Å². The number of nitrogens with one attached hydrogen (secondary N) is 1. The molecule has 0 spiro atoms. The second-order valence-corrected chi connectivity index (χ2v) is 9.69. The van der Waals surface area contributed by atoms with Crippen LogP contribution >= 0.6 is 0 Å². The molecular weight excluding hydrogens is 477 g/mol. The van der Waals surface area contributed by atoms with Gasteiger partial charge < -0.3 is 19.2 Å². The van der Waals surface area contributed by atoms with Crippen LogP contribution in [0.25, 0.3) is 11.5 Å². The van der Waals surface area contributed by atoms with Crippen LogP contribution < -0.4 is 5.32 Å². The molecule has 10 heteroatoms. The maximum absolute atomic E-state index is 12.4. The summed E-state index contributed by atoms with van der Waals surface area (Å²) in [6.07, 6.45) is -1.79. The molecule has 1 heterocycles. The molecule has 0 unspecified atom stereocenters. The highest BCUT2D eigenvalue weighted by atomic mass is 19.4. The molecule has 198 valence electrons. The lowest BCUT2D eigenvalue weighted by molar-refractivity contribution is -0.202. The number of hydrogen-bond donors (Lipinski definition) is 1. The van der Waals surface area contributed by atoms with E-state index in [1.807, 2.05) is 38.1 Å². The first-order valence-corrected chi connectivity index (χ1v) is 12.1. The highest BCUT2D eigenvalue weighted by Crippen LogP contribution is 2.28. The summed E-state index contributed by atoms with van der Waals surface area (Å²) in [6, 6.07) is 6.90. The van der Waals surface area contributed by atoms with Crippen molar-refractivity contribution in [1.82, 2.24) is 10.3 Å². The molecule has 0 radical (unpaired) electrons. The molecule has 0 aliphatic heterocycles. The number of nitrogens with zero attached hydrogens (tertiary/aromatic N) is 1. The third-order valence-corrected chi connectivity index (χ3v) is 6.35. The van der Waals surface area contributed by atoms with Gasteiger partial charge in [-0.25, -0.2) is 14.6 Å². The fourth-order valence-electron chi connectivity index (χ4n) is 4.25. The van der Waals surface area contributed by atoms with Crippen molar-refractivity contribution in [2.24, 2.45) is 11.8 Å². The van der Waals surface area contributed by atoms with E-state index in [0.717, 1.165) is 42.5 Å². The van der Waals surface area contributed by atoms with Crippen molar-refractivity contribution in [2.75, 3.05) is 6.54 Å². The second kappa shape index (κ2) is 12.0. The number of benzene rings is 1. The summed E-state index contributed by atoms with van der Waals surface area (Å²) in [6.45, 7) is 7.93. The van der Waals surface area contributed by atoms with Gasteiger partial charge in [0.25, 0.3) is 0 Å². The Labute approximate surface area is 208 Å². The molecule has 3 atom stereocenters. The first kappa shape index (κ1) is 27.9. The van der Waals surface area contributed by atoms with Crippen molar-refractivity contribution < 1.29 is 36.7 Å². The standard InChI is InChI=1S/C26H33F3N2O5/c1-15(2)22(24(32)36-25(33)26(27,28)29)30-13-18-6-5-7-20(12-18)34-14-21-17(4)35-23(31-21)19-10-8-16(3)9-11-19/h8-11,15,18,20,22,30H,5-7,12-14H2,1-4H3/t18-,20-,22-/m0/s1. The lowest BCUT2D eigenvalue weighted by Crippen LogP contribution is -2.46. The van der Waals surface area contributed by atoms with E-state index in [9.17, 15) is 22.8 Å². The van der Waals surface area contributed by atoms with E-state index >= 15 is 0 Å². The molecule has 1 saturated carbocycles. The van der Waals surface area contributed by atoms with E-state index in [4.69, 9.17) is 9.15 Å². The molecule has 1 aliphatic carbocycles. The van der Waals surface area contributed by atoms with Crippen molar-refractivity contribution >= 4 is 11.9 Å². The molecular formula is C26H33F3N2O5. The van der Waals surface area contributed by atoms with Gasteiger partial charge in [0.15, 0.2) is 0 Å². The summed E-state index contributed by atoms with van der Waals surface area (Å²) in [5.74, 6) is -2.66. The number of carbonyl (C=O) groups is 2. The zero-order chi connectivity index (χ0) is 26.5. The lowest BCUT2D eigenvalue weighted by atomic mass is 9.86. The van der Waals surface area contributed by atoms with E-state index in [-0.39, 0.29) is 17.9 Å². The first-order chi connectivity index (χ1) is 16.9. The Hall–Kier alpha value is -2.72. The lowest BCUT2D eigenvalue weighted by Gasteiger charge is -2.31. The fourth-order valence-corrected chi connectivity index (χ4v) is 4.25. The highest BCUT2D eigenvalue weighted by Gasteiger charge is 2.43. The van der Waals surface area contributed by atoms with Crippen LogP contribution in [-0.4, -0.2) is 41.8 Å². The van der Waals surface area contributed by atoms with Crippen LogP contribution in [0.15, 0.2) is 28.7 Å². The van der Waals surface area contributed by atoms with Crippen molar-refractivity contribution in [3.63, 3.8) is 0 Å². The number of rotatable bonds is 9. The molecule has 1 aliphatic rings. The van der Waals surface area contributed by atoms with Crippen molar-refractivity contribution in [3.05, 3.63) is 41.3 Å². The number of hydrogen-bond acceptors (Lipinski definition) is 7. The summed E-state index contributed by atoms with van der Waals surface area (Å²) in [7, 11) is 0. The molecule has 0 amide bonds. The second-order valence-electron chi connectivity index (χ2n) is 9.69. The summed E-state index contributed by atoms with van der Waals surface area (Å²) in [5.41, 5.74) is 2.79. The Morgan fingerprint density at radius 1 is 1.17 bits per heavy atom. The molecule has 1 aromatic carbocycles. The minimum atomic E-state index is -5.21. The largest absolute Gasteiger partial charge is 0.491 e. The molecule has 1 aromatic heterocycles. The highest BCUT2D eigenvalue weighted by molar-refractivity contribution is 5.91. The van der Waals surface area contributed by atoms with Crippen LogP contribution in [0.1, 0.15) is 56.5 Å². The van der Waals surface area contributed by atoms with Gasteiger partial charge in [-0.05, 0) is 63.6 Å². The SMILES string of the molecule is Cc1ccc(-c2nc(CO[C@H]3CCC[C@H](CN[C@H](C(=O)OC(=O)C(F)(F)F)C(C)C)C3)c(C)o2)cc1. The van der Waals surface area contributed by atoms with Crippen molar-refractivity contribution in [1.29, 1.82) is 0 Å². The van der Waals surface area contributed by atoms with Crippen LogP contribution in [0.2, 0.25) is 0 Å². The van der Waals surface area contributed by atoms with Gasteiger partial charge in [-0.15, -0.1) is 0 Å². The van der Waals surface area contributed by atoms with Crippen LogP contribution in [0, 0.1) is 25.7 Å². The maximum Gasteiger partial charge on any atom is 0.491 e. The van der Waals surface area contributed by atoms with Gasteiger partial charge >= 0.3 is 18.1 Å². The molecule has 1 fully saturated rings. The monoisotopic (exact) mass is 510 g/mol. The number of aromatic nitrogens is 1. The average molecular weight is 511 g/mol. The number of carbonyl (C=O) groups excluding carboxylic acids is 2. The third-order valence-electron chi connectivity index (χ3n) is 6.35. The van der Waals surface area contributed by atoms with Crippen molar-refractivity contribution in [2.45, 2.75) is 78.3 Å². The van der Waals surface area contributed by atoms with Crippen LogP contribution in [0.4, 0.5) is 13.2 Å². The molecule has 1 N–H and O–H groups in total. The van der Waals surface area contributed by atoms with Crippen molar-refractivity contribution in [3.8, 4) is 11.5 Å². The summed E-state index contributed by atoms with van der Waals surface area (Å²) in [5, 5.41) is 3.00.